The molecule has 0 radical (unpaired) electrons. The van der Waals surface area contributed by atoms with Crippen LogP contribution in [0.5, 0.6) is 0 Å². The molecule has 3 heterocycles. The van der Waals surface area contributed by atoms with Crippen LogP contribution < -0.4 is 21.3 Å². The smallest absolute Gasteiger partial charge is 0.335 e. The van der Waals surface area contributed by atoms with Crippen LogP contribution in [0, 0.1) is 3.57 Å². The molecule has 0 saturated carbocycles. The van der Waals surface area contributed by atoms with E-state index in [1.807, 2.05) is 24.3 Å². The molecule has 4 aromatic rings. The number of hydrogen-bond donors (Lipinski definition) is 5. The minimum absolute atomic E-state index is 0.0753. The van der Waals surface area contributed by atoms with Crippen LogP contribution in [0.1, 0.15) is 15.9 Å². The van der Waals surface area contributed by atoms with E-state index < -0.39 is 17.9 Å². The number of amides is 3. The van der Waals surface area contributed by atoms with Crippen molar-refractivity contribution >= 4 is 75.2 Å². The molecule has 1 aliphatic heterocycles. The van der Waals surface area contributed by atoms with Gasteiger partial charge in [-0.1, -0.05) is 12.1 Å². The fourth-order valence-corrected chi connectivity index (χ4v) is 4.01. The lowest BCUT2D eigenvalue weighted by Crippen LogP contribution is -2.22. The molecule has 12 heteroatoms. The van der Waals surface area contributed by atoms with Crippen molar-refractivity contribution in [2.75, 3.05) is 10.6 Å². The number of urea groups is 1. The fourth-order valence-electron chi connectivity index (χ4n) is 3.46. The first-order valence-corrected chi connectivity index (χ1v) is 11.3. The number of nitrogens with zero attached hydrogens (tertiary/aromatic N) is 3. The summed E-state index contributed by atoms with van der Waals surface area (Å²) in [6.45, 7) is 0. The third kappa shape index (κ3) is 4.77. The second-order valence-corrected chi connectivity index (χ2v) is 8.72. The molecule has 174 valence electrons. The first-order chi connectivity index (χ1) is 16.9. The molecule has 35 heavy (non-hydrogen) atoms. The summed E-state index contributed by atoms with van der Waals surface area (Å²) in [7, 11) is 0. The van der Waals surface area contributed by atoms with Gasteiger partial charge in [0, 0.05) is 26.6 Å². The molecular formula is C23H16IN7O4. The van der Waals surface area contributed by atoms with Gasteiger partial charge in [0.25, 0.3) is 5.91 Å². The Morgan fingerprint density at radius 3 is 2.51 bits per heavy atom. The highest BCUT2D eigenvalue weighted by molar-refractivity contribution is 14.1. The maximum absolute atomic E-state index is 12.0. The van der Waals surface area contributed by atoms with Gasteiger partial charge in [0.1, 0.15) is 17.3 Å². The lowest BCUT2D eigenvalue weighted by Gasteiger charge is -2.13. The van der Waals surface area contributed by atoms with Gasteiger partial charge in [-0.25, -0.2) is 14.6 Å². The highest BCUT2D eigenvalue weighted by atomic mass is 127. The molecule has 5 N–H and O–H groups in total. The third-order valence-corrected chi connectivity index (χ3v) is 5.67. The monoisotopic (exact) mass is 581 g/mol. The fraction of sp³-hybridized carbons (Fsp3) is 0. The first-order valence-electron chi connectivity index (χ1n) is 10.2. The van der Waals surface area contributed by atoms with Gasteiger partial charge in [-0.05, 0) is 65.1 Å². The van der Waals surface area contributed by atoms with Crippen molar-refractivity contribution in [3.05, 3.63) is 81.2 Å². The molecule has 2 aromatic carbocycles. The Balaban J connectivity index is 1.60. The number of nitrogens with one attached hydrogen (secondary N) is 4. The van der Waals surface area contributed by atoms with Crippen LogP contribution in [0.25, 0.3) is 11.7 Å². The number of carbonyl (C=O) groups is 3. The van der Waals surface area contributed by atoms with Crippen molar-refractivity contribution in [2.24, 2.45) is 0 Å². The summed E-state index contributed by atoms with van der Waals surface area (Å²) in [5, 5.41) is 24.8. The number of aromatic carboxylic acids is 1. The summed E-state index contributed by atoms with van der Waals surface area (Å²) in [4.78, 5) is 39.5. The van der Waals surface area contributed by atoms with Crippen molar-refractivity contribution in [3.63, 3.8) is 0 Å². The predicted molar refractivity (Wildman–Crippen MR) is 137 cm³/mol. The number of rotatable bonds is 6. The Morgan fingerprint density at radius 1 is 1.03 bits per heavy atom. The van der Waals surface area contributed by atoms with Crippen LogP contribution in [0.3, 0.4) is 0 Å². The number of fused-ring (bicyclic) bond motifs is 1. The van der Waals surface area contributed by atoms with Crippen LogP contribution in [0.15, 0.2) is 66.5 Å². The van der Waals surface area contributed by atoms with Crippen LogP contribution in [0.2, 0.25) is 0 Å². The minimum atomic E-state index is -1.04. The van der Waals surface area contributed by atoms with Gasteiger partial charge in [-0.3, -0.25) is 10.1 Å². The second kappa shape index (κ2) is 9.06. The first kappa shape index (κ1) is 22.3. The van der Waals surface area contributed by atoms with E-state index >= 15 is 0 Å². The van der Waals surface area contributed by atoms with Crippen molar-refractivity contribution < 1.29 is 19.5 Å². The Kier molecular flexibility index (Phi) is 5.78. The maximum atomic E-state index is 12.0. The summed E-state index contributed by atoms with van der Waals surface area (Å²) in [6, 6.07) is 15.2. The quantitative estimate of drug-likeness (QED) is 0.132. The zero-order valence-electron chi connectivity index (χ0n) is 17.7. The van der Waals surface area contributed by atoms with Crippen LogP contribution >= 0.6 is 22.6 Å². The molecule has 0 spiro atoms. The molecule has 1 fully saturated rings. The summed E-state index contributed by atoms with van der Waals surface area (Å²) < 4.78 is 2.56. The molecule has 5 rings (SSSR count). The van der Waals surface area contributed by atoms with Gasteiger partial charge in [0.15, 0.2) is 5.65 Å². The van der Waals surface area contributed by atoms with Crippen molar-refractivity contribution in [1.29, 1.82) is 0 Å². The molecule has 0 unspecified atom stereocenters. The van der Waals surface area contributed by atoms with E-state index in [1.165, 1.54) is 28.9 Å². The maximum Gasteiger partial charge on any atom is 0.335 e. The van der Waals surface area contributed by atoms with Crippen molar-refractivity contribution in [2.45, 2.75) is 0 Å². The van der Waals surface area contributed by atoms with Crippen molar-refractivity contribution in [1.82, 2.24) is 25.2 Å². The molecule has 0 aliphatic carbocycles. The number of halogens is 1. The molecule has 1 aliphatic rings. The number of carboxylic acid groups (broad SMARTS) is 1. The summed E-state index contributed by atoms with van der Waals surface area (Å²) >= 11 is 2.21. The van der Waals surface area contributed by atoms with Gasteiger partial charge in [-0.15, -0.1) is 0 Å². The lowest BCUT2D eigenvalue weighted by molar-refractivity contribution is -0.115. The largest absolute Gasteiger partial charge is 0.478 e. The molecule has 0 bridgehead atoms. The zero-order valence-corrected chi connectivity index (χ0v) is 19.9. The van der Waals surface area contributed by atoms with Crippen LogP contribution in [-0.4, -0.2) is 37.6 Å². The Labute approximate surface area is 211 Å². The van der Waals surface area contributed by atoms with E-state index in [-0.39, 0.29) is 11.3 Å². The van der Waals surface area contributed by atoms with Crippen LogP contribution in [0.4, 0.5) is 27.8 Å². The van der Waals surface area contributed by atoms with Gasteiger partial charge < -0.3 is 21.1 Å². The van der Waals surface area contributed by atoms with Gasteiger partial charge in [-0.2, -0.15) is 9.61 Å². The lowest BCUT2D eigenvalue weighted by atomic mass is 10.2. The number of benzene rings is 2. The molecular weight excluding hydrogens is 565 g/mol. The van der Waals surface area contributed by atoms with E-state index in [9.17, 15) is 19.5 Å². The topological polar surface area (TPSA) is 150 Å². The molecule has 3 amide bonds. The minimum Gasteiger partial charge on any atom is -0.478 e. The number of aromatic nitrogens is 3. The SMILES string of the molecule is O=C1NC(=O)/C(=C/c2cnn3c(Nc4cccc(C(=O)O)c4)cc(Nc4cccc(I)c4)nc23)N1. The van der Waals surface area contributed by atoms with E-state index in [0.29, 0.717) is 28.5 Å². The molecule has 2 aromatic heterocycles. The third-order valence-electron chi connectivity index (χ3n) is 5.00. The normalized spacial score (nSPS) is 14.1. The van der Waals surface area contributed by atoms with Crippen LogP contribution in [-0.2, 0) is 4.79 Å². The molecule has 11 nitrogen and oxygen atoms in total. The van der Waals surface area contributed by atoms with E-state index in [0.717, 1.165) is 9.26 Å². The van der Waals surface area contributed by atoms with Gasteiger partial charge in [0.2, 0.25) is 0 Å². The highest BCUT2D eigenvalue weighted by Gasteiger charge is 2.24. The number of anilines is 4. The Bertz CT molecular complexity index is 1550. The molecule has 0 atom stereocenters. The average Bonchev–Trinajstić information content (AvgIpc) is 3.36. The van der Waals surface area contributed by atoms with Crippen molar-refractivity contribution in [3.8, 4) is 0 Å². The van der Waals surface area contributed by atoms with E-state index in [2.05, 4.69) is 53.9 Å². The predicted octanol–water partition coefficient (Wildman–Crippen LogP) is 3.70. The summed E-state index contributed by atoms with van der Waals surface area (Å²) in [5.74, 6) is -0.613. The number of carboxylic acids is 1. The number of carbonyl (C=O) groups excluding carboxylic acids is 2. The summed E-state index contributed by atoms with van der Waals surface area (Å²) in [5.41, 5.74) is 2.45. The second-order valence-electron chi connectivity index (χ2n) is 7.47. The standard InChI is InChI=1S/C23H16IN7O4/c24-14-4-2-6-16(9-14)26-18-10-19(27-15-5-1-3-12(7-15)22(33)34)31-20(29-18)13(11-25-31)8-17-21(32)30-23(35)28-17/h1-11,27H,(H,26,29)(H,33,34)(H2,28,30,32,35)/b17-8-. The highest BCUT2D eigenvalue weighted by Crippen LogP contribution is 2.26. The average molecular weight is 581 g/mol. The number of hydrogen-bond acceptors (Lipinski definition) is 7. The summed E-state index contributed by atoms with van der Waals surface area (Å²) in [6.07, 6.45) is 3.00. The number of imide groups is 1. The zero-order chi connectivity index (χ0) is 24.5. The van der Waals surface area contributed by atoms with E-state index in [4.69, 9.17) is 0 Å². The van der Waals surface area contributed by atoms with Gasteiger partial charge >= 0.3 is 12.0 Å². The Morgan fingerprint density at radius 2 is 1.80 bits per heavy atom. The van der Waals surface area contributed by atoms with Gasteiger partial charge in [0.05, 0.1) is 11.8 Å². The Hall–Kier alpha value is -4.46. The molecule has 1 saturated heterocycles. The van der Waals surface area contributed by atoms with E-state index in [1.54, 1.807) is 18.2 Å².